The molecule has 172 valence electrons. The Morgan fingerprint density at radius 2 is 1.66 bits per heavy atom. The SMILES string of the molecule is O=C(Oc1cccc(/C=C2\SC(=O)N(Cc3cccc4ccccc34)C2=O)c1)c1ccc(Cl)cc1. The number of ether oxygens (including phenoxy) is 1. The summed E-state index contributed by atoms with van der Waals surface area (Å²) in [5, 5.41) is 2.27. The van der Waals surface area contributed by atoms with E-state index in [9.17, 15) is 14.4 Å². The third-order valence-electron chi connectivity index (χ3n) is 5.53. The fourth-order valence-corrected chi connectivity index (χ4v) is 4.77. The molecule has 4 aromatic rings. The van der Waals surface area contributed by atoms with Crippen LogP contribution in [0.4, 0.5) is 4.79 Å². The maximum atomic E-state index is 13.1. The van der Waals surface area contributed by atoms with Crippen molar-refractivity contribution in [2.24, 2.45) is 0 Å². The van der Waals surface area contributed by atoms with E-state index < -0.39 is 5.97 Å². The molecular weight excluding hydrogens is 482 g/mol. The molecule has 0 unspecified atom stereocenters. The molecule has 4 aromatic carbocycles. The number of rotatable bonds is 5. The average molecular weight is 500 g/mol. The quantitative estimate of drug-likeness (QED) is 0.169. The molecule has 0 aromatic heterocycles. The molecule has 0 spiro atoms. The maximum Gasteiger partial charge on any atom is 0.343 e. The summed E-state index contributed by atoms with van der Waals surface area (Å²) in [4.78, 5) is 39.7. The van der Waals surface area contributed by atoms with Crippen LogP contribution >= 0.6 is 23.4 Å². The number of carbonyl (C=O) groups excluding carboxylic acids is 3. The number of esters is 1. The molecule has 1 saturated heterocycles. The van der Waals surface area contributed by atoms with Crippen LogP contribution in [0.25, 0.3) is 16.8 Å². The number of nitrogens with zero attached hydrogens (tertiary/aromatic N) is 1. The minimum absolute atomic E-state index is 0.197. The Morgan fingerprint density at radius 1 is 0.914 bits per heavy atom. The Labute approximate surface area is 211 Å². The molecule has 1 heterocycles. The molecule has 1 aliphatic rings. The molecule has 2 amide bonds. The molecule has 0 saturated carbocycles. The highest BCUT2D eigenvalue weighted by molar-refractivity contribution is 8.18. The fourth-order valence-electron chi connectivity index (χ4n) is 3.81. The molecule has 0 radical (unpaired) electrons. The second kappa shape index (κ2) is 9.78. The first-order valence-corrected chi connectivity index (χ1v) is 12.0. The van der Waals surface area contributed by atoms with Crippen LogP contribution in [-0.2, 0) is 11.3 Å². The fraction of sp³-hybridized carbons (Fsp3) is 0.0357. The smallest absolute Gasteiger partial charge is 0.343 e. The second-order valence-electron chi connectivity index (χ2n) is 7.88. The first-order valence-electron chi connectivity index (χ1n) is 10.8. The lowest BCUT2D eigenvalue weighted by Gasteiger charge is -2.14. The predicted molar refractivity (Wildman–Crippen MR) is 138 cm³/mol. The lowest BCUT2D eigenvalue weighted by Crippen LogP contribution is -2.27. The number of benzene rings is 4. The van der Waals surface area contributed by atoms with Gasteiger partial charge in [-0.2, -0.15) is 0 Å². The Balaban J connectivity index is 1.34. The molecule has 0 N–H and O–H groups in total. The highest BCUT2D eigenvalue weighted by atomic mass is 35.5. The first-order chi connectivity index (χ1) is 17.0. The van der Waals surface area contributed by atoms with Crippen molar-refractivity contribution in [2.75, 3.05) is 0 Å². The van der Waals surface area contributed by atoms with Gasteiger partial charge >= 0.3 is 5.97 Å². The van der Waals surface area contributed by atoms with Crippen LogP contribution in [0.3, 0.4) is 0 Å². The average Bonchev–Trinajstić information content (AvgIpc) is 3.12. The number of fused-ring (bicyclic) bond motifs is 1. The summed E-state index contributed by atoms with van der Waals surface area (Å²) in [5.41, 5.74) is 1.92. The molecule has 0 bridgehead atoms. The number of thioether (sulfide) groups is 1. The van der Waals surface area contributed by atoms with Gasteiger partial charge in [-0.05, 0) is 76.1 Å². The van der Waals surface area contributed by atoms with E-state index in [1.54, 1.807) is 54.6 Å². The number of halogens is 1. The van der Waals surface area contributed by atoms with E-state index in [-0.39, 0.29) is 17.7 Å². The van der Waals surface area contributed by atoms with Crippen LogP contribution in [0.1, 0.15) is 21.5 Å². The van der Waals surface area contributed by atoms with Gasteiger partial charge in [-0.1, -0.05) is 66.2 Å². The predicted octanol–water partition coefficient (Wildman–Crippen LogP) is 6.95. The Hall–Kier alpha value is -3.87. The van der Waals surface area contributed by atoms with Gasteiger partial charge in [-0.3, -0.25) is 14.5 Å². The topological polar surface area (TPSA) is 63.7 Å². The number of hydrogen-bond donors (Lipinski definition) is 0. The first kappa shape index (κ1) is 22.9. The van der Waals surface area contributed by atoms with Gasteiger partial charge in [0.1, 0.15) is 5.75 Å². The minimum atomic E-state index is -0.519. The van der Waals surface area contributed by atoms with Crippen LogP contribution in [0.5, 0.6) is 5.75 Å². The van der Waals surface area contributed by atoms with Crippen LogP contribution in [-0.4, -0.2) is 22.0 Å². The minimum Gasteiger partial charge on any atom is -0.423 e. The lowest BCUT2D eigenvalue weighted by atomic mass is 10.0. The zero-order chi connectivity index (χ0) is 24.4. The summed E-state index contributed by atoms with van der Waals surface area (Å²) in [7, 11) is 0. The molecule has 1 fully saturated rings. The number of imide groups is 1. The zero-order valence-electron chi connectivity index (χ0n) is 18.3. The summed E-state index contributed by atoms with van der Waals surface area (Å²) in [6.07, 6.45) is 1.63. The third kappa shape index (κ3) is 4.99. The van der Waals surface area contributed by atoms with Gasteiger partial charge in [0.15, 0.2) is 0 Å². The number of amides is 2. The van der Waals surface area contributed by atoms with Gasteiger partial charge in [-0.15, -0.1) is 0 Å². The van der Waals surface area contributed by atoms with E-state index in [2.05, 4.69) is 0 Å². The maximum absolute atomic E-state index is 13.1. The van der Waals surface area contributed by atoms with Gasteiger partial charge < -0.3 is 4.74 Å². The van der Waals surface area contributed by atoms with Crippen molar-refractivity contribution in [3.8, 4) is 5.75 Å². The molecular formula is C28H18ClNO4S. The van der Waals surface area contributed by atoms with Crippen molar-refractivity contribution in [1.29, 1.82) is 0 Å². The Bertz CT molecular complexity index is 1490. The van der Waals surface area contributed by atoms with E-state index in [1.807, 2.05) is 42.5 Å². The number of carbonyl (C=O) groups is 3. The van der Waals surface area contributed by atoms with Crippen molar-refractivity contribution >= 4 is 57.3 Å². The Kier molecular flexibility index (Phi) is 6.40. The molecule has 5 nitrogen and oxygen atoms in total. The van der Waals surface area contributed by atoms with E-state index in [0.717, 1.165) is 28.1 Å². The molecule has 0 aliphatic carbocycles. The van der Waals surface area contributed by atoms with Crippen molar-refractivity contribution in [2.45, 2.75) is 6.54 Å². The highest BCUT2D eigenvalue weighted by Gasteiger charge is 2.35. The molecule has 1 aliphatic heterocycles. The lowest BCUT2D eigenvalue weighted by molar-refractivity contribution is -0.123. The van der Waals surface area contributed by atoms with Crippen LogP contribution in [0.2, 0.25) is 5.02 Å². The molecule has 7 heteroatoms. The summed E-state index contributed by atoms with van der Waals surface area (Å²) < 4.78 is 5.45. The molecule has 35 heavy (non-hydrogen) atoms. The van der Waals surface area contributed by atoms with Crippen molar-refractivity contribution in [3.63, 3.8) is 0 Å². The van der Waals surface area contributed by atoms with Gasteiger partial charge in [0, 0.05) is 5.02 Å². The molecule has 0 atom stereocenters. The van der Waals surface area contributed by atoms with Crippen molar-refractivity contribution in [3.05, 3.63) is 118 Å². The zero-order valence-corrected chi connectivity index (χ0v) is 19.9. The van der Waals surface area contributed by atoms with Gasteiger partial charge in [-0.25, -0.2) is 4.79 Å². The molecule has 5 rings (SSSR count). The monoisotopic (exact) mass is 499 g/mol. The van der Waals surface area contributed by atoms with Gasteiger partial charge in [0.25, 0.3) is 11.1 Å². The van der Waals surface area contributed by atoms with E-state index in [4.69, 9.17) is 16.3 Å². The summed E-state index contributed by atoms with van der Waals surface area (Å²) in [5.74, 6) is -0.542. The Morgan fingerprint density at radius 3 is 2.49 bits per heavy atom. The van der Waals surface area contributed by atoms with Crippen LogP contribution in [0.15, 0.2) is 95.9 Å². The van der Waals surface area contributed by atoms with E-state index in [0.29, 0.717) is 26.8 Å². The largest absolute Gasteiger partial charge is 0.423 e. The normalized spacial score (nSPS) is 14.7. The van der Waals surface area contributed by atoms with Gasteiger partial charge in [0.2, 0.25) is 0 Å². The van der Waals surface area contributed by atoms with E-state index >= 15 is 0 Å². The highest BCUT2D eigenvalue weighted by Crippen LogP contribution is 2.34. The van der Waals surface area contributed by atoms with Crippen LogP contribution < -0.4 is 4.74 Å². The standard InChI is InChI=1S/C28H18ClNO4S/c29-22-13-11-20(12-14-22)27(32)34-23-9-3-5-18(15-23)16-25-26(31)30(28(33)35-25)17-21-8-4-7-19-6-1-2-10-24(19)21/h1-16H,17H2/b25-16-. The summed E-state index contributed by atoms with van der Waals surface area (Å²) in [6, 6.07) is 26.9. The van der Waals surface area contributed by atoms with Crippen LogP contribution in [0, 0.1) is 0 Å². The van der Waals surface area contributed by atoms with Gasteiger partial charge in [0.05, 0.1) is 17.0 Å². The summed E-state index contributed by atoms with van der Waals surface area (Å²) in [6.45, 7) is 0.197. The summed E-state index contributed by atoms with van der Waals surface area (Å²) >= 11 is 6.76. The third-order valence-corrected chi connectivity index (χ3v) is 6.69. The number of hydrogen-bond acceptors (Lipinski definition) is 5. The van der Waals surface area contributed by atoms with Crippen molar-refractivity contribution < 1.29 is 19.1 Å². The van der Waals surface area contributed by atoms with Crippen molar-refractivity contribution in [1.82, 2.24) is 4.90 Å². The second-order valence-corrected chi connectivity index (χ2v) is 9.30. The van der Waals surface area contributed by atoms with E-state index in [1.165, 1.54) is 4.90 Å².